The molecule has 6 aromatic carbocycles. The van der Waals surface area contributed by atoms with Crippen LogP contribution in [0.2, 0.25) is 0 Å². The summed E-state index contributed by atoms with van der Waals surface area (Å²) in [6.45, 7) is 1.57. The molecule has 0 unspecified atom stereocenters. The number of carbonyl (C=O) groups is 3. The number of carboxylic acids is 1. The van der Waals surface area contributed by atoms with Crippen molar-refractivity contribution in [3.63, 3.8) is 0 Å². The number of Topliss-reactive ketones (excluding diaryl/α,β-unsaturated/α-hetero) is 1. The van der Waals surface area contributed by atoms with E-state index in [9.17, 15) is 58.4 Å². The zero-order valence-corrected chi connectivity index (χ0v) is 50.9. The minimum Gasteiger partial charge on any atom is -0.744 e. The third-order valence-corrected chi connectivity index (χ3v) is 13.4. The van der Waals surface area contributed by atoms with Crippen molar-refractivity contribution < 1.29 is 177 Å². The third-order valence-electron chi connectivity index (χ3n) is 10.8. The number of nitrogen functional groups attached to an aromatic ring is 2. The zero-order valence-electron chi connectivity index (χ0n) is 40.5. The number of hydrogen-bond donors (Lipinski definition) is 4. The van der Waals surface area contributed by atoms with E-state index in [2.05, 4.69) is 41.5 Å². The van der Waals surface area contributed by atoms with Gasteiger partial charge in [-0.15, -0.1) is 15.3 Å². The molecule has 0 aromatic heterocycles. The Morgan fingerprint density at radius 1 is 0.605 bits per heavy atom. The fraction of sp³-hybridized carbons (Fsp3) is 0.0217. The fourth-order valence-electron chi connectivity index (χ4n) is 7.18. The predicted molar refractivity (Wildman–Crippen MR) is 258 cm³/mol. The largest absolute Gasteiger partial charge is 1.00 e. The molecule has 0 saturated heterocycles. The molecule has 0 radical (unpaired) electrons. The minimum atomic E-state index is -5.53. The number of ketones is 2. The van der Waals surface area contributed by atoms with Crippen LogP contribution in [0.3, 0.4) is 0 Å². The predicted octanol–water partition coefficient (Wildman–Crippen LogP) is -6.23. The van der Waals surface area contributed by atoms with Crippen LogP contribution in [0.25, 0.3) is 28.0 Å². The van der Waals surface area contributed by atoms with E-state index in [1.807, 2.05) is 0 Å². The van der Waals surface area contributed by atoms with Gasteiger partial charge in [0.1, 0.15) is 53.1 Å². The monoisotopic (exact) mass is 1120 g/mol. The molecule has 364 valence electrons. The number of nitrogens with one attached hydrogen (secondary N) is 2. The standard InChI is InChI=1S/C46H34N10O13S3.4Na/c1-23-18-36(42(48)44(41(23)47)56-50-28-12-8-25(9-13-28)24-6-10-27(11-7-24)49-51-29-14-16-37(57)33(21-29)46(59)60)54-53-35-22-32-26(19-39(35)71(64,65)66)20-40(72(67,68)69)43(45(32)58)55-52-34-15-17-38(70(61,62)63)31-5-3-2-4-30(31)34;;;;/h2-22,49,52H,47-48H2,1H3,(H,59,60)(H,61,62,63)(H,64,65,66)(H,67,68,69);;;;/q;4*+1/p-4/b51-29?,54-53?,55-43+,56-50?;;;;. The number of allylic oxidation sites excluding steroid dienone is 4. The van der Waals surface area contributed by atoms with Gasteiger partial charge < -0.3 is 35.0 Å². The molecular formula is C46H30N10Na4O13S3. The average Bonchev–Trinajstić information content (AvgIpc) is 3.33. The van der Waals surface area contributed by atoms with E-state index in [1.165, 1.54) is 36.4 Å². The van der Waals surface area contributed by atoms with E-state index in [1.54, 1.807) is 55.5 Å². The molecule has 0 aliphatic heterocycles. The number of nitrogens with zero attached hydrogens (tertiary/aromatic N) is 6. The van der Waals surface area contributed by atoms with Crippen LogP contribution < -0.4 is 146 Å². The van der Waals surface area contributed by atoms with Gasteiger partial charge in [-0.25, -0.2) is 25.3 Å². The molecule has 2 aliphatic rings. The van der Waals surface area contributed by atoms with Gasteiger partial charge >= 0.3 is 118 Å². The molecule has 0 fully saturated rings. The summed E-state index contributed by atoms with van der Waals surface area (Å²) < 4.78 is 111. The first kappa shape index (κ1) is 63.6. The molecule has 0 spiro atoms. The van der Waals surface area contributed by atoms with Gasteiger partial charge in [-0.2, -0.15) is 15.3 Å². The second-order valence-corrected chi connectivity index (χ2v) is 19.5. The first-order chi connectivity index (χ1) is 34.0. The van der Waals surface area contributed by atoms with Crippen molar-refractivity contribution >= 4 is 122 Å². The topological polar surface area (TPSA) is 396 Å². The number of carbonyl (C=O) groups excluding carboxylic acids is 3. The zero-order chi connectivity index (χ0) is 51.9. The van der Waals surface area contributed by atoms with E-state index in [0.29, 0.717) is 29.1 Å². The van der Waals surface area contributed by atoms with Crippen molar-refractivity contribution in [3.8, 4) is 11.1 Å². The van der Waals surface area contributed by atoms with Gasteiger partial charge in [-0.1, -0.05) is 48.5 Å². The van der Waals surface area contributed by atoms with Gasteiger partial charge in [0.15, 0.2) is 5.78 Å². The van der Waals surface area contributed by atoms with E-state index >= 15 is 0 Å². The number of rotatable bonds is 13. The molecule has 6 N–H and O–H groups in total. The van der Waals surface area contributed by atoms with Crippen LogP contribution in [0.1, 0.15) is 21.5 Å². The van der Waals surface area contributed by atoms with Crippen LogP contribution in [-0.2, 0) is 39.9 Å². The summed E-state index contributed by atoms with van der Waals surface area (Å²) in [5.74, 6) is -3.55. The molecule has 76 heavy (non-hydrogen) atoms. The molecule has 0 amide bonds. The number of hydrogen-bond acceptors (Lipinski definition) is 23. The Hall–Kier alpha value is -4.92. The molecule has 0 heterocycles. The second kappa shape index (κ2) is 25.7. The molecule has 30 heteroatoms. The molecule has 2 aliphatic carbocycles. The molecule has 0 bridgehead atoms. The normalized spacial score (nSPS) is 14.5. The third kappa shape index (κ3) is 14.2. The summed E-state index contributed by atoms with van der Waals surface area (Å²) in [5.41, 5.74) is 17.6. The molecular weight excluding hydrogens is 1090 g/mol. The average molecular weight is 1120 g/mol. The Kier molecular flexibility index (Phi) is 21.5. The van der Waals surface area contributed by atoms with Crippen molar-refractivity contribution in [1.82, 2.24) is 0 Å². The van der Waals surface area contributed by atoms with Gasteiger partial charge in [-0.3, -0.25) is 20.4 Å². The second-order valence-electron chi connectivity index (χ2n) is 15.4. The van der Waals surface area contributed by atoms with Gasteiger partial charge in [0.2, 0.25) is 5.78 Å². The summed E-state index contributed by atoms with van der Waals surface area (Å²) in [5, 5.41) is 35.7. The number of hydrazone groups is 2. The number of azo groups is 2. The number of anilines is 4. The summed E-state index contributed by atoms with van der Waals surface area (Å²) in [7, 11) is -15.9. The maximum Gasteiger partial charge on any atom is 1.00 e. The first-order valence-corrected chi connectivity index (χ1v) is 24.6. The fourth-order valence-corrected chi connectivity index (χ4v) is 9.14. The number of benzene rings is 6. The Morgan fingerprint density at radius 2 is 1.21 bits per heavy atom. The quantitative estimate of drug-likeness (QED) is 0.0159. The van der Waals surface area contributed by atoms with E-state index in [-0.39, 0.29) is 163 Å². The van der Waals surface area contributed by atoms with Gasteiger partial charge in [0, 0.05) is 21.9 Å². The minimum absolute atomic E-state index is 0. The van der Waals surface area contributed by atoms with Crippen LogP contribution in [0, 0.1) is 6.92 Å². The Labute approximate surface area is 521 Å². The van der Waals surface area contributed by atoms with E-state index in [0.717, 1.165) is 41.5 Å². The van der Waals surface area contributed by atoms with Crippen molar-refractivity contribution in [2.24, 2.45) is 30.7 Å². The first-order valence-electron chi connectivity index (χ1n) is 20.4. The molecule has 0 saturated carbocycles. The molecule has 0 atom stereocenters. The van der Waals surface area contributed by atoms with Crippen molar-refractivity contribution in [2.45, 2.75) is 16.7 Å². The summed E-state index contributed by atoms with van der Waals surface area (Å²) in [6, 6.07) is 24.4. The Morgan fingerprint density at radius 3 is 1.82 bits per heavy atom. The Balaban J connectivity index is 0.00000312. The SMILES string of the molecule is Cc1cc(N=Nc2cc3c(cc2S(=O)(=O)[O-])C=C(S(=O)(=O)[O-])/C(=N\Nc2ccc(S(=O)(=O)[O-])c4ccccc24)C3=O)c(N)c(N=Nc2ccc(-c3ccc(NN=C4C=CC(=O)C(C(=O)[O-])=C4)cc3)cc2)c1N.[Na+].[Na+].[Na+].[Na+]. The number of fused-ring (bicyclic) bond motifs is 2. The van der Waals surface area contributed by atoms with Crippen LogP contribution in [0.5, 0.6) is 0 Å². The van der Waals surface area contributed by atoms with E-state index in [4.69, 9.17) is 11.5 Å². The van der Waals surface area contributed by atoms with Crippen molar-refractivity contribution in [2.75, 3.05) is 22.3 Å². The molecule has 8 rings (SSSR count). The smallest absolute Gasteiger partial charge is 0.744 e. The maximum absolute atomic E-state index is 14.0. The number of carboxylic acid groups (broad SMARTS) is 1. The van der Waals surface area contributed by atoms with Crippen LogP contribution in [-0.4, -0.2) is 67.9 Å². The maximum atomic E-state index is 14.0. The Bertz CT molecular complexity index is 3950. The van der Waals surface area contributed by atoms with Gasteiger partial charge in [0.05, 0.1) is 54.8 Å². The van der Waals surface area contributed by atoms with E-state index < -0.39 is 90.7 Å². The van der Waals surface area contributed by atoms with Crippen LogP contribution in [0.15, 0.2) is 172 Å². The van der Waals surface area contributed by atoms with Crippen LogP contribution >= 0.6 is 0 Å². The number of aliphatic carboxylic acids is 1. The van der Waals surface area contributed by atoms with Crippen molar-refractivity contribution in [1.29, 1.82) is 0 Å². The van der Waals surface area contributed by atoms with Crippen LogP contribution in [0.4, 0.5) is 45.5 Å². The van der Waals surface area contributed by atoms with Crippen molar-refractivity contribution in [3.05, 3.63) is 149 Å². The molecule has 6 aromatic rings. The summed E-state index contributed by atoms with van der Waals surface area (Å²) in [4.78, 5) is 34.0. The summed E-state index contributed by atoms with van der Waals surface area (Å²) in [6.07, 6.45) is 4.18. The summed E-state index contributed by atoms with van der Waals surface area (Å²) >= 11 is 0. The molecule has 23 nitrogen and oxygen atoms in total. The number of aryl methyl sites for hydroxylation is 1. The van der Waals surface area contributed by atoms with Gasteiger partial charge in [0.25, 0.3) is 0 Å². The van der Waals surface area contributed by atoms with Gasteiger partial charge in [-0.05, 0) is 108 Å². The number of nitrogens with two attached hydrogens (primary N) is 2.